The zero-order valence-electron chi connectivity index (χ0n) is 21.6. The predicted octanol–water partition coefficient (Wildman–Crippen LogP) is 4.55. The van der Waals surface area contributed by atoms with Crippen LogP contribution >= 0.6 is 0 Å². The van der Waals surface area contributed by atoms with E-state index in [0.717, 1.165) is 28.5 Å². The highest BCUT2D eigenvalue weighted by molar-refractivity contribution is 6.06. The van der Waals surface area contributed by atoms with Crippen molar-refractivity contribution in [2.75, 3.05) is 41.3 Å². The molecule has 3 atom stereocenters. The number of carbonyl (C=O) groups excluding carboxylic acids is 1. The van der Waals surface area contributed by atoms with Crippen molar-refractivity contribution in [2.24, 2.45) is 17.0 Å². The summed E-state index contributed by atoms with van der Waals surface area (Å²) >= 11 is 0. The summed E-state index contributed by atoms with van der Waals surface area (Å²) in [5.74, 6) is 0.759. The first-order valence-corrected chi connectivity index (χ1v) is 12.4. The fraction of sp³-hybridized carbons (Fsp3) is 0.310. The molecule has 0 amide bonds. The van der Waals surface area contributed by atoms with Crippen molar-refractivity contribution in [3.8, 4) is 28.7 Å². The first kappa shape index (κ1) is 24.8. The van der Waals surface area contributed by atoms with E-state index in [2.05, 4.69) is 5.16 Å². The number of methoxy groups -OCH3 is 3. The monoisotopic (exact) mass is 535 g/mol. The molecule has 0 unspecified atom stereocenters. The molecule has 202 valence electrons. The van der Waals surface area contributed by atoms with Gasteiger partial charge in [-0.05, 0) is 53.6 Å². The van der Waals surface area contributed by atoms with Crippen LogP contribution in [-0.2, 0) is 9.57 Å². The summed E-state index contributed by atoms with van der Waals surface area (Å²) in [6.07, 6.45) is 0. The molecule has 1 aliphatic carbocycles. The Balaban J connectivity index is 1.47. The van der Waals surface area contributed by atoms with Crippen LogP contribution in [0.1, 0.15) is 33.0 Å². The van der Waals surface area contributed by atoms with E-state index in [4.69, 9.17) is 33.3 Å². The standard InChI is InChI=1S/C29H26FNO8/c1-33-24-8-16(9-25(34-2)28(24)35-3)26-18-10-22-23(38-14-37-22)11-19(18)27-21(13-39-31-27)20(26)12-36-29(32)15-5-4-6-17(30)7-15/h4-11,20-21,26H,12-14H2,1-3H3/t20-,21-,26+/m0/s1. The number of ether oxygens (including phenoxy) is 6. The highest BCUT2D eigenvalue weighted by Crippen LogP contribution is 2.51. The van der Waals surface area contributed by atoms with Gasteiger partial charge in [-0.1, -0.05) is 11.2 Å². The SMILES string of the molecule is COc1cc([C@@H]2c3cc4c(cc3C3=NOC[C@H]3[C@@H]2COC(=O)c2cccc(F)c2)OCO4)cc(OC)c1OC. The third-order valence-corrected chi connectivity index (χ3v) is 7.38. The molecule has 3 aromatic carbocycles. The van der Waals surface area contributed by atoms with Crippen molar-refractivity contribution >= 4 is 11.7 Å². The maximum absolute atomic E-state index is 13.8. The summed E-state index contributed by atoms with van der Waals surface area (Å²) in [6.45, 7) is 0.456. The van der Waals surface area contributed by atoms with E-state index in [1.807, 2.05) is 24.3 Å². The molecule has 0 radical (unpaired) electrons. The second-order valence-electron chi connectivity index (χ2n) is 9.38. The van der Waals surface area contributed by atoms with Crippen molar-refractivity contribution in [1.82, 2.24) is 0 Å². The molecule has 0 N–H and O–H groups in total. The van der Waals surface area contributed by atoms with Gasteiger partial charge in [0.05, 0.1) is 39.2 Å². The van der Waals surface area contributed by atoms with E-state index in [1.54, 1.807) is 21.3 Å². The lowest BCUT2D eigenvalue weighted by Crippen LogP contribution is -2.38. The van der Waals surface area contributed by atoms with Crippen molar-refractivity contribution < 1.29 is 42.4 Å². The number of benzene rings is 3. The van der Waals surface area contributed by atoms with Crippen LogP contribution in [0.2, 0.25) is 0 Å². The van der Waals surface area contributed by atoms with E-state index in [9.17, 15) is 9.18 Å². The lowest BCUT2D eigenvalue weighted by atomic mass is 9.66. The van der Waals surface area contributed by atoms with E-state index in [0.29, 0.717) is 35.4 Å². The Morgan fingerprint density at radius 1 is 1.00 bits per heavy atom. The summed E-state index contributed by atoms with van der Waals surface area (Å²) in [7, 11) is 4.66. The van der Waals surface area contributed by atoms with Gasteiger partial charge in [-0.3, -0.25) is 0 Å². The fourth-order valence-corrected chi connectivity index (χ4v) is 5.60. The maximum Gasteiger partial charge on any atom is 0.338 e. The van der Waals surface area contributed by atoms with E-state index < -0.39 is 11.8 Å². The molecule has 10 heteroatoms. The van der Waals surface area contributed by atoms with Gasteiger partial charge in [0.25, 0.3) is 0 Å². The summed E-state index contributed by atoms with van der Waals surface area (Å²) in [5.41, 5.74) is 3.51. The molecule has 6 rings (SSSR count). The molecule has 0 fully saturated rings. The van der Waals surface area contributed by atoms with Crippen LogP contribution in [0.3, 0.4) is 0 Å². The lowest BCUT2D eigenvalue weighted by molar-refractivity contribution is 0.0359. The smallest absolute Gasteiger partial charge is 0.338 e. The molecule has 9 nitrogen and oxygen atoms in total. The topological polar surface area (TPSA) is 94.0 Å². The summed E-state index contributed by atoms with van der Waals surface area (Å²) < 4.78 is 47.7. The summed E-state index contributed by atoms with van der Waals surface area (Å²) in [5, 5.41) is 4.36. The van der Waals surface area contributed by atoms with E-state index in [1.165, 1.54) is 18.2 Å². The minimum absolute atomic E-state index is 0.0254. The number of esters is 1. The largest absolute Gasteiger partial charge is 0.493 e. The number of carbonyl (C=O) groups is 1. The van der Waals surface area contributed by atoms with Crippen molar-refractivity contribution in [1.29, 1.82) is 0 Å². The molecule has 0 spiro atoms. The zero-order valence-corrected chi connectivity index (χ0v) is 21.6. The third kappa shape index (κ3) is 4.25. The average Bonchev–Trinajstić information content (AvgIpc) is 3.63. The van der Waals surface area contributed by atoms with Crippen LogP contribution < -0.4 is 23.7 Å². The Morgan fingerprint density at radius 2 is 1.74 bits per heavy atom. The lowest BCUT2D eigenvalue weighted by Gasteiger charge is -2.37. The Hall–Kier alpha value is -4.47. The number of nitrogens with zero attached hydrogens (tertiary/aromatic N) is 1. The van der Waals surface area contributed by atoms with E-state index >= 15 is 0 Å². The van der Waals surface area contributed by atoms with Gasteiger partial charge in [-0.2, -0.15) is 0 Å². The predicted molar refractivity (Wildman–Crippen MR) is 137 cm³/mol. The van der Waals surface area contributed by atoms with Gasteiger partial charge < -0.3 is 33.3 Å². The number of oxime groups is 1. The molecule has 0 saturated carbocycles. The van der Waals surface area contributed by atoms with Crippen LogP contribution in [-0.4, -0.2) is 53.0 Å². The van der Waals surface area contributed by atoms with Gasteiger partial charge in [0.1, 0.15) is 12.4 Å². The fourth-order valence-electron chi connectivity index (χ4n) is 5.60. The number of rotatable bonds is 7. The molecule has 3 aliphatic rings. The van der Waals surface area contributed by atoms with E-state index in [-0.39, 0.29) is 36.7 Å². The zero-order chi connectivity index (χ0) is 27.1. The minimum Gasteiger partial charge on any atom is -0.493 e. The molecular formula is C29H26FNO8. The highest BCUT2D eigenvalue weighted by atomic mass is 19.1. The Labute approximate surface area is 224 Å². The number of hydrogen-bond acceptors (Lipinski definition) is 9. The van der Waals surface area contributed by atoms with Gasteiger partial charge in [0, 0.05) is 23.3 Å². The number of halogens is 1. The van der Waals surface area contributed by atoms with Crippen LogP contribution in [0.5, 0.6) is 28.7 Å². The van der Waals surface area contributed by atoms with Crippen molar-refractivity contribution in [3.05, 3.63) is 76.6 Å². The van der Waals surface area contributed by atoms with Gasteiger partial charge in [-0.15, -0.1) is 0 Å². The quantitative estimate of drug-likeness (QED) is 0.407. The second kappa shape index (κ2) is 10.0. The van der Waals surface area contributed by atoms with Crippen LogP contribution in [0, 0.1) is 17.7 Å². The Bertz CT molecular complexity index is 1450. The molecule has 2 heterocycles. The molecule has 0 aromatic heterocycles. The van der Waals surface area contributed by atoms with Crippen LogP contribution in [0.4, 0.5) is 4.39 Å². The van der Waals surface area contributed by atoms with Crippen LogP contribution in [0.15, 0.2) is 53.7 Å². The second-order valence-corrected chi connectivity index (χ2v) is 9.38. The highest BCUT2D eigenvalue weighted by Gasteiger charge is 2.46. The van der Waals surface area contributed by atoms with Gasteiger partial charge in [-0.25, -0.2) is 9.18 Å². The van der Waals surface area contributed by atoms with Crippen molar-refractivity contribution in [3.63, 3.8) is 0 Å². The third-order valence-electron chi connectivity index (χ3n) is 7.38. The molecule has 3 aromatic rings. The summed E-state index contributed by atoms with van der Waals surface area (Å²) in [6, 6.07) is 13.0. The first-order chi connectivity index (χ1) is 19.0. The van der Waals surface area contributed by atoms with Gasteiger partial charge in [0.2, 0.25) is 12.5 Å². The molecule has 0 bridgehead atoms. The van der Waals surface area contributed by atoms with Crippen molar-refractivity contribution in [2.45, 2.75) is 5.92 Å². The van der Waals surface area contributed by atoms with Gasteiger partial charge >= 0.3 is 5.97 Å². The molecule has 2 aliphatic heterocycles. The van der Waals surface area contributed by atoms with Crippen LogP contribution in [0.25, 0.3) is 0 Å². The normalized spacial score (nSPS) is 20.3. The molecule has 39 heavy (non-hydrogen) atoms. The molecular weight excluding hydrogens is 509 g/mol. The molecule has 0 saturated heterocycles. The van der Waals surface area contributed by atoms with Gasteiger partial charge in [0.15, 0.2) is 23.0 Å². The number of hydrogen-bond donors (Lipinski definition) is 0. The number of fused-ring (bicyclic) bond motifs is 4. The maximum atomic E-state index is 13.8. The Morgan fingerprint density at radius 3 is 2.44 bits per heavy atom. The minimum atomic E-state index is -0.618. The first-order valence-electron chi connectivity index (χ1n) is 12.4. The summed E-state index contributed by atoms with van der Waals surface area (Å²) in [4.78, 5) is 18.5. The Kier molecular flexibility index (Phi) is 6.38. The average molecular weight is 536 g/mol.